The van der Waals surface area contributed by atoms with Gasteiger partial charge in [0, 0.05) is 13.2 Å². The highest BCUT2D eigenvalue weighted by Crippen LogP contribution is 2.33. The van der Waals surface area contributed by atoms with Crippen LogP contribution in [-0.4, -0.2) is 20.4 Å². The molecule has 3 rings (SSSR count). The maximum atomic E-state index is 12.2. The molecular weight excluding hydrogens is 314 g/mol. The van der Waals surface area contributed by atoms with Crippen molar-refractivity contribution in [3.05, 3.63) is 44.9 Å². The van der Waals surface area contributed by atoms with Crippen LogP contribution in [0.5, 0.6) is 0 Å². The van der Waals surface area contributed by atoms with Crippen LogP contribution in [0.25, 0.3) is 10.2 Å². The van der Waals surface area contributed by atoms with Crippen LogP contribution < -0.4 is 16.6 Å². The number of amides is 1. The Balaban J connectivity index is 2.18. The van der Waals surface area contributed by atoms with E-state index >= 15 is 0 Å². The van der Waals surface area contributed by atoms with Gasteiger partial charge in [0.1, 0.15) is 22.7 Å². The van der Waals surface area contributed by atoms with Crippen molar-refractivity contribution in [1.29, 1.82) is 0 Å². The Morgan fingerprint density at radius 2 is 2.09 bits per heavy atom. The van der Waals surface area contributed by atoms with Crippen molar-refractivity contribution < 1.29 is 4.79 Å². The Bertz CT molecular complexity index is 989. The molecular formula is C15H15N5O2S. The van der Waals surface area contributed by atoms with E-state index in [2.05, 4.69) is 15.3 Å². The number of fused-ring (bicyclic) bond motifs is 1. The second-order valence-corrected chi connectivity index (χ2v) is 6.29. The van der Waals surface area contributed by atoms with Crippen LogP contribution in [-0.2, 0) is 7.05 Å². The zero-order valence-corrected chi connectivity index (χ0v) is 13.7. The van der Waals surface area contributed by atoms with E-state index in [0.717, 1.165) is 5.56 Å². The summed E-state index contributed by atoms with van der Waals surface area (Å²) in [5, 5.41) is 3.76. The molecule has 0 spiro atoms. The first-order valence-corrected chi connectivity index (χ1v) is 7.68. The third-order valence-electron chi connectivity index (χ3n) is 3.52. The summed E-state index contributed by atoms with van der Waals surface area (Å²) in [5.41, 5.74) is 7.31. The Kier molecular flexibility index (Phi) is 3.61. The summed E-state index contributed by atoms with van der Waals surface area (Å²) in [6.45, 7) is 3.70. The second kappa shape index (κ2) is 5.47. The summed E-state index contributed by atoms with van der Waals surface area (Å²) < 4.78 is 1.51. The molecule has 8 heteroatoms. The van der Waals surface area contributed by atoms with Gasteiger partial charge in [-0.15, -0.1) is 11.3 Å². The number of thiophene rings is 1. The zero-order valence-electron chi connectivity index (χ0n) is 12.9. The summed E-state index contributed by atoms with van der Waals surface area (Å²) >= 11 is 1.22. The second-order valence-electron chi connectivity index (χ2n) is 5.30. The van der Waals surface area contributed by atoms with Crippen LogP contribution >= 0.6 is 11.3 Å². The number of hydrogen-bond acceptors (Lipinski definition) is 6. The lowest BCUT2D eigenvalue weighted by Crippen LogP contribution is -2.19. The van der Waals surface area contributed by atoms with Gasteiger partial charge in [-0.25, -0.2) is 9.97 Å². The van der Waals surface area contributed by atoms with Crippen molar-refractivity contribution in [2.75, 3.05) is 5.32 Å². The zero-order chi connectivity index (χ0) is 16.7. The van der Waals surface area contributed by atoms with Gasteiger partial charge in [0.25, 0.3) is 11.5 Å². The van der Waals surface area contributed by atoms with E-state index in [1.165, 1.54) is 22.2 Å². The molecule has 0 unspecified atom stereocenters. The number of carbonyl (C=O) groups excluding carboxylic acids is 1. The van der Waals surface area contributed by atoms with Gasteiger partial charge in [-0.1, -0.05) is 0 Å². The number of pyridine rings is 1. The minimum absolute atomic E-state index is 0.162. The van der Waals surface area contributed by atoms with Crippen molar-refractivity contribution in [2.24, 2.45) is 12.8 Å². The summed E-state index contributed by atoms with van der Waals surface area (Å²) in [7, 11) is 1.69. The third kappa shape index (κ3) is 2.57. The van der Waals surface area contributed by atoms with Crippen LogP contribution in [0.15, 0.2) is 23.4 Å². The van der Waals surface area contributed by atoms with Gasteiger partial charge in [-0.3, -0.25) is 9.59 Å². The van der Waals surface area contributed by atoms with Gasteiger partial charge in [-0.2, -0.15) is 0 Å². The fraction of sp³-hybridized carbons (Fsp3) is 0.200. The lowest BCUT2D eigenvalue weighted by Gasteiger charge is -2.09. The van der Waals surface area contributed by atoms with Crippen molar-refractivity contribution in [3.8, 4) is 0 Å². The highest BCUT2D eigenvalue weighted by atomic mass is 32.1. The fourth-order valence-electron chi connectivity index (χ4n) is 2.50. The summed E-state index contributed by atoms with van der Waals surface area (Å²) in [5.74, 6) is -0.0122. The average molecular weight is 329 g/mol. The predicted molar refractivity (Wildman–Crippen MR) is 90.4 cm³/mol. The van der Waals surface area contributed by atoms with Crippen LogP contribution in [0.4, 0.5) is 11.5 Å². The van der Waals surface area contributed by atoms with E-state index in [4.69, 9.17) is 5.73 Å². The topological polar surface area (TPSA) is 103 Å². The van der Waals surface area contributed by atoms with E-state index in [9.17, 15) is 9.59 Å². The molecule has 118 valence electrons. The Hall–Kier alpha value is -2.74. The Labute approximate surface area is 135 Å². The fourth-order valence-corrected chi connectivity index (χ4v) is 3.50. The van der Waals surface area contributed by atoms with Crippen LogP contribution in [0.1, 0.15) is 20.8 Å². The van der Waals surface area contributed by atoms with Gasteiger partial charge in [0.2, 0.25) is 0 Å². The average Bonchev–Trinajstić information content (AvgIpc) is 2.83. The molecule has 0 fully saturated rings. The number of nitrogens with two attached hydrogens (primary N) is 1. The summed E-state index contributed by atoms with van der Waals surface area (Å²) in [6, 6.07) is 1.76. The van der Waals surface area contributed by atoms with Crippen molar-refractivity contribution in [3.63, 3.8) is 0 Å². The Morgan fingerprint density at radius 3 is 2.78 bits per heavy atom. The molecule has 0 aliphatic heterocycles. The number of rotatable bonds is 3. The molecule has 0 aromatic carbocycles. The van der Waals surface area contributed by atoms with Crippen LogP contribution in [0.3, 0.4) is 0 Å². The number of nitrogens with one attached hydrogen (secondary N) is 1. The molecule has 0 aliphatic rings. The first-order chi connectivity index (χ1) is 10.9. The number of primary amides is 1. The predicted octanol–water partition coefficient (Wildman–Crippen LogP) is 1.85. The van der Waals surface area contributed by atoms with E-state index in [1.807, 2.05) is 6.92 Å². The third-order valence-corrected chi connectivity index (χ3v) is 4.74. The largest absolute Gasteiger partial charge is 0.365 e. The molecule has 1 amide bonds. The smallest absolute Gasteiger partial charge is 0.274 e. The molecule has 3 aromatic rings. The highest BCUT2D eigenvalue weighted by molar-refractivity contribution is 7.20. The molecule has 3 N–H and O–H groups in total. The number of aryl methyl sites for hydroxylation is 3. The minimum Gasteiger partial charge on any atom is -0.365 e. The molecule has 0 saturated carbocycles. The standard InChI is InChI=1S/C15H15N5O2S/c1-7-4-9(15(22)20(3)5-7)19-13-10-8(2)11(12(16)21)23-14(10)18-6-17-13/h4-6H,1-3H3,(H2,16,21)(H,17,18,19). The quantitative estimate of drug-likeness (QED) is 0.763. The number of hydrogen-bond donors (Lipinski definition) is 2. The maximum absolute atomic E-state index is 12.2. The van der Waals surface area contributed by atoms with E-state index in [-0.39, 0.29) is 5.56 Å². The molecule has 0 bridgehead atoms. The summed E-state index contributed by atoms with van der Waals surface area (Å²) in [6.07, 6.45) is 3.15. The molecule has 0 aliphatic carbocycles. The first-order valence-electron chi connectivity index (χ1n) is 6.86. The lowest BCUT2D eigenvalue weighted by molar-refractivity contribution is 0.100. The van der Waals surface area contributed by atoms with E-state index in [1.54, 1.807) is 26.2 Å². The monoisotopic (exact) mass is 329 g/mol. The highest BCUT2D eigenvalue weighted by Gasteiger charge is 2.18. The normalized spacial score (nSPS) is 10.9. The SMILES string of the molecule is Cc1cc(Nc2ncnc3sc(C(N)=O)c(C)c23)c(=O)n(C)c1. The van der Waals surface area contributed by atoms with Gasteiger partial charge < -0.3 is 15.6 Å². The van der Waals surface area contributed by atoms with Crippen LogP contribution in [0, 0.1) is 13.8 Å². The van der Waals surface area contributed by atoms with Gasteiger partial charge in [-0.05, 0) is 31.0 Å². The van der Waals surface area contributed by atoms with Crippen molar-refractivity contribution in [1.82, 2.24) is 14.5 Å². The number of nitrogens with zero attached hydrogens (tertiary/aromatic N) is 3. The molecule has 0 saturated heterocycles. The number of carbonyl (C=O) groups is 1. The number of aromatic nitrogens is 3. The minimum atomic E-state index is -0.497. The molecule has 3 aromatic heterocycles. The summed E-state index contributed by atoms with van der Waals surface area (Å²) in [4.78, 5) is 33.3. The van der Waals surface area contributed by atoms with Gasteiger partial charge in [0.15, 0.2) is 0 Å². The van der Waals surface area contributed by atoms with E-state index < -0.39 is 5.91 Å². The Morgan fingerprint density at radius 1 is 1.35 bits per heavy atom. The van der Waals surface area contributed by atoms with Crippen molar-refractivity contribution in [2.45, 2.75) is 13.8 Å². The molecule has 23 heavy (non-hydrogen) atoms. The first kappa shape index (κ1) is 15.2. The molecule has 7 nitrogen and oxygen atoms in total. The molecule has 0 atom stereocenters. The van der Waals surface area contributed by atoms with E-state index in [0.29, 0.717) is 32.2 Å². The molecule has 0 radical (unpaired) electrons. The molecule has 3 heterocycles. The van der Waals surface area contributed by atoms with Crippen LogP contribution in [0.2, 0.25) is 0 Å². The maximum Gasteiger partial charge on any atom is 0.274 e. The van der Waals surface area contributed by atoms with Gasteiger partial charge >= 0.3 is 0 Å². The van der Waals surface area contributed by atoms with Gasteiger partial charge in [0.05, 0.1) is 10.3 Å². The van der Waals surface area contributed by atoms with Crippen molar-refractivity contribution >= 4 is 39.0 Å². The number of anilines is 2. The lowest BCUT2D eigenvalue weighted by atomic mass is 10.2.